The molecule has 5 heteroatoms. The summed E-state index contributed by atoms with van der Waals surface area (Å²) in [6, 6.07) is 22.0. The second-order valence-electron chi connectivity index (χ2n) is 7.12. The molecule has 0 saturated carbocycles. The topological polar surface area (TPSA) is 46.6 Å². The molecule has 1 aliphatic rings. The van der Waals surface area contributed by atoms with Crippen molar-refractivity contribution in [2.75, 3.05) is 6.54 Å². The number of hydrogen-bond donors (Lipinski definition) is 0. The van der Waals surface area contributed by atoms with E-state index >= 15 is 0 Å². The summed E-state index contributed by atoms with van der Waals surface area (Å²) in [6.07, 6.45) is 0.697. The minimum atomic E-state index is -0.204. The number of carbonyl (C=O) groups is 2. The molecule has 0 spiro atoms. The van der Waals surface area contributed by atoms with Crippen LogP contribution in [-0.4, -0.2) is 23.3 Å². The number of hydrogen-bond acceptors (Lipinski definition) is 3. The van der Waals surface area contributed by atoms with Crippen LogP contribution < -0.4 is 4.74 Å². The maximum absolute atomic E-state index is 12.5. The standard InChI is InChI=1S/C24H20ClNO3/c1-16(14-15-26-23(27)21-4-2-3-5-22(21)24(26)28)17-6-10-19(11-7-17)29-20-12-8-18(25)9-13-20/h2-13,16H,14-15H2,1H3. The number of nitrogens with zero attached hydrogens (tertiary/aromatic N) is 1. The van der Waals surface area contributed by atoms with E-state index in [1.54, 1.807) is 36.4 Å². The molecule has 0 N–H and O–H groups in total. The molecule has 0 aromatic heterocycles. The minimum absolute atomic E-state index is 0.198. The van der Waals surface area contributed by atoms with Gasteiger partial charge in [-0.2, -0.15) is 0 Å². The van der Waals surface area contributed by atoms with Gasteiger partial charge in [-0.15, -0.1) is 0 Å². The lowest BCUT2D eigenvalue weighted by Gasteiger charge is -2.18. The average Bonchev–Trinajstić information content (AvgIpc) is 2.99. The SMILES string of the molecule is CC(CCN1C(=O)c2ccccc2C1=O)c1ccc(Oc2ccc(Cl)cc2)cc1. The Morgan fingerprint density at radius 3 is 1.90 bits per heavy atom. The lowest BCUT2D eigenvalue weighted by molar-refractivity contribution is 0.0650. The fourth-order valence-electron chi connectivity index (χ4n) is 3.43. The molecule has 1 unspecified atom stereocenters. The molecule has 29 heavy (non-hydrogen) atoms. The van der Waals surface area contributed by atoms with Crippen molar-refractivity contribution in [2.24, 2.45) is 0 Å². The van der Waals surface area contributed by atoms with Crippen molar-refractivity contribution < 1.29 is 14.3 Å². The number of imide groups is 1. The van der Waals surface area contributed by atoms with Crippen molar-refractivity contribution in [1.82, 2.24) is 4.90 Å². The lowest BCUT2D eigenvalue weighted by atomic mass is 9.97. The van der Waals surface area contributed by atoms with Gasteiger partial charge < -0.3 is 4.74 Å². The Morgan fingerprint density at radius 2 is 1.34 bits per heavy atom. The normalized spacial score (nSPS) is 14.1. The molecule has 1 aliphatic heterocycles. The summed E-state index contributed by atoms with van der Waals surface area (Å²) >= 11 is 5.89. The maximum Gasteiger partial charge on any atom is 0.261 e. The molecule has 4 rings (SSSR count). The maximum atomic E-state index is 12.5. The van der Waals surface area contributed by atoms with Gasteiger partial charge in [0.05, 0.1) is 11.1 Å². The molecule has 1 atom stereocenters. The molecule has 0 aliphatic carbocycles. The Balaban J connectivity index is 1.37. The van der Waals surface area contributed by atoms with E-state index in [9.17, 15) is 9.59 Å². The molecule has 146 valence electrons. The molecule has 0 bridgehead atoms. The summed E-state index contributed by atoms with van der Waals surface area (Å²) in [6.45, 7) is 2.49. The fraction of sp³-hybridized carbons (Fsp3) is 0.167. The van der Waals surface area contributed by atoms with Crippen LogP contribution in [0.3, 0.4) is 0 Å². The van der Waals surface area contributed by atoms with Crippen LogP contribution in [0.4, 0.5) is 0 Å². The zero-order valence-corrected chi connectivity index (χ0v) is 16.7. The molecule has 3 aromatic carbocycles. The van der Waals surface area contributed by atoms with Gasteiger partial charge in [-0.3, -0.25) is 14.5 Å². The van der Waals surface area contributed by atoms with E-state index in [1.165, 1.54) is 4.90 Å². The van der Waals surface area contributed by atoms with Crippen molar-refractivity contribution in [1.29, 1.82) is 0 Å². The van der Waals surface area contributed by atoms with E-state index in [2.05, 4.69) is 6.92 Å². The van der Waals surface area contributed by atoms with Gasteiger partial charge in [-0.25, -0.2) is 0 Å². The van der Waals surface area contributed by atoms with Crippen molar-refractivity contribution in [3.63, 3.8) is 0 Å². The number of fused-ring (bicyclic) bond motifs is 1. The smallest absolute Gasteiger partial charge is 0.261 e. The second kappa shape index (κ2) is 8.10. The first-order valence-electron chi connectivity index (χ1n) is 9.51. The Labute approximate surface area is 174 Å². The van der Waals surface area contributed by atoms with Gasteiger partial charge in [-0.1, -0.05) is 42.8 Å². The Bertz CT molecular complexity index is 1010. The molecule has 0 radical (unpaired) electrons. The summed E-state index contributed by atoms with van der Waals surface area (Å²) in [5, 5.41) is 0.666. The van der Waals surface area contributed by atoms with Gasteiger partial charge in [0, 0.05) is 11.6 Å². The van der Waals surface area contributed by atoms with Crippen molar-refractivity contribution in [3.05, 3.63) is 94.5 Å². The third-order valence-corrected chi connectivity index (χ3v) is 5.41. The van der Waals surface area contributed by atoms with E-state index in [0.717, 1.165) is 17.1 Å². The highest BCUT2D eigenvalue weighted by Gasteiger charge is 2.34. The highest BCUT2D eigenvalue weighted by molar-refractivity contribution is 6.30. The summed E-state index contributed by atoms with van der Waals surface area (Å²) in [5.74, 6) is 1.25. The van der Waals surface area contributed by atoms with Crippen LogP contribution in [0.1, 0.15) is 45.5 Å². The van der Waals surface area contributed by atoms with E-state index < -0.39 is 0 Å². The van der Waals surface area contributed by atoms with E-state index in [-0.39, 0.29) is 17.7 Å². The third kappa shape index (κ3) is 4.03. The van der Waals surface area contributed by atoms with Crippen LogP contribution in [0.5, 0.6) is 11.5 Å². The quantitative estimate of drug-likeness (QED) is 0.478. The average molecular weight is 406 g/mol. The molecule has 0 saturated heterocycles. The van der Waals surface area contributed by atoms with E-state index in [4.69, 9.17) is 16.3 Å². The molecule has 0 fully saturated rings. The zero-order chi connectivity index (χ0) is 20.4. The first-order chi connectivity index (χ1) is 14.0. The Kier molecular flexibility index (Phi) is 5.36. The molecule has 2 amide bonds. The van der Waals surface area contributed by atoms with Crippen LogP contribution in [-0.2, 0) is 0 Å². The van der Waals surface area contributed by atoms with Gasteiger partial charge in [-0.05, 0) is 66.4 Å². The number of carbonyl (C=O) groups excluding carboxylic acids is 2. The number of rotatable bonds is 6. The van der Waals surface area contributed by atoms with Crippen molar-refractivity contribution in [3.8, 4) is 11.5 Å². The van der Waals surface area contributed by atoms with Crippen LogP contribution in [0.25, 0.3) is 0 Å². The summed E-state index contributed by atoms with van der Waals surface area (Å²) < 4.78 is 5.82. The first kappa shape index (κ1) is 19.2. The van der Waals surface area contributed by atoms with Gasteiger partial charge in [0.15, 0.2) is 0 Å². The Morgan fingerprint density at radius 1 is 0.828 bits per heavy atom. The molecular formula is C24H20ClNO3. The van der Waals surface area contributed by atoms with Crippen LogP contribution >= 0.6 is 11.6 Å². The number of ether oxygens (including phenoxy) is 1. The zero-order valence-electron chi connectivity index (χ0n) is 16.0. The second-order valence-corrected chi connectivity index (χ2v) is 7.56. The van der Waals surface area contributed by atoms with Gasteiger partial charge in [0.1, 0.15) is 11.5 Å². The predicted molar refractivity (Wildman–Crippen MR) is 113 cm³/mol. The fourth-order valence-corrected chi connectivity index (χ4v) is 3.56. The van der Waals surface area contributed by atoms with Crippen LogP contribution in [0.15, 0.2) is 72.8 Å². The highest BCUT2D eigenvalue weighted by atomic mass is 35.5. The summed E-state index contributed by atoms with van der Waals surface area (Å²) in [5.41, 5.74) is 2.12. The van der Waals surface area contributed by atoms with Crippen molar-refractivity contribution >= 4 is 23.4 Å². The highest BCUT2D eigenvalue weighted by Crippen LogP contribution is 2.28. The number of halogens is 1. The van der Waals surface area contributed by atoms with E-state index in [1.807, 2.05) is 36.4 Å². The third-order valence-electron chi connectivity index (χ3n) is 5.16. The molecule has 4 nitrogen and oxygen atoms in total. The van der Waals surface area contributed by atoms with Crippen LogP contribution in [0, 0.1) is 0 Å². The van der Waals surface area contributed by atoms with Gasteiger partial charge >= 0.3 is 0 Å². The van der Waals surface area contributed by atoms with Gasteiger partial charge in [0.2, 0.25) is 0 Å². The largest absolute Gasteiger partial charge is 0.457 e. The molecular weight excluding hydrogens is 386 g/mol. The number of amides is 2. The Hall–Kier alpha value is -3.11. The minimum Gasteiger partial charge on any atom is -0.457 e. The predicted octanol–water partition coefficient (Wildman–Crippen LogP) is 5.92. The summed E-state index contributed by atoms with van der Waals surface area (Å²) in [4.78, 5) is 26.3. The summed E-state index contributed by atoms with van der Waals surface area (Å²) in [7, 11) is 0. The van der Waals surface area contributed by atoms with Crippen LogP contribution in [0.2, 0.25) is 5.02 Å². The van der Waals surface area contributed by atoms with Crippen molar-refractivity contribution in [2.45, 2.75) is 19.3 Å². The monoisotopic (exact) mass is 405 g/mol. The first-order valence-corrected chi connectivity index (χ1v) is 9.89. The number of benzene rings is 3. The molecule has 3 aromatic rings. The lowest BCUT2D eigenvalue weighted by Crippen LogP contribution is -2.31. The van der Waals surface area contributed by atoms with E-state index in [0.29, 0.717) is 29.1 Å². The molecule has 1 heterocycles. The van der Waals surface area contributed by atoms with Gasteiger partial charge in [0.25, 0.3) is 11.8 Å².